The van der Waals surface area contributed by atoms with E-state index in [2.05, 4.69) is 89.3 Å². The second-order valence-corrected chi connectivity index (χ2v) is 13.0. The zero-order valence-corrected chi connectivity index (χ0v) is 21.8. The lowest BCUT2D eigenvalue weighted by Crippen LogP contribution is -2.20. The Morgan fingerprint density at radius 3 is 2.00 bits per heavy atom. The Morgan fingerprint density at radius 2 is 1.21 bits per heavy atom. The number of hydrogen-bond acceptors (Lipinski definition) is 2. The van der Waals surface area contributed by atoms with Gasteiger partial charge in [0.1, 0.15) is 5.65 Å². The third-order valence-electron chi connectivity index (χ3n) is 8.36. The fourth-order valence-electron chi connectivity index (χ4n) is 6.67. The van der Waals surface area contributed by atoms with Crippen molar-refractivity contribution in [3.8, 4) is 11.1 Å². The molecule has 0 unspecified atom stereocenters. The van der Waals surface area contributed by atoms with Crippen molar-refractivity contribution < 1.29 is 4.57 Å². The van der Waals surface area contributed by atoms with Crippen LogP contribution in [0.15, 0.2) is 127 Å². The van der Waals surface area contributed by atoms with Crippen molar-refractivity contribution in [2.45, 2.75) is 0 Å². The number of aromatic nitrogens is 2. The predicted octanol–water partition coefficient (Wildman–Crippen LogP) is 7.57. The zero-order valence-electron chi connectivity index (χ0n) is 20.9. The molecule has 0 bridgehead atoms. The van der Waals surface area contributed by atoms with E-state index >= 15 is 4.57 Å². The Labute approximate surface area is 224 Å². The topological polar surface area (TPSA) is 34.4 Å². The SMILES string of the molecule is O=P1(c2ccc3c(ccc4c5ccccc5n5c6ccccc6nc5c34)c2)c2ccccc2-c2ccccc21. The van der Waals surface area contributed by atoms with E-state index in [4.69, 9.17) is 4.98 Å². The first-order valence-corrected chi connectivity index (χ1v) is 14.9. The van der Waals surface area contributed by atoms with Crippen molar-refractivity contribution in [3.05, 3.63) is 127 Å². The maximum atomic E-state index is 15.1. The van der Waals surface area contributed by atoms with Gasteiger partial charge in [0, 0.05) is 26.7 Å². The average molecular weight is 517 g/mol. The summed E-state index contributed by atoms with van der Waals surface area (Å²) in [7, 11) is -3.00. The molecule has 0 amide bonds. The highest BCUT2D eigenvalue weighted by molar-refractivity contribution is 7.86. The van der Waals surface area contributed by atoms with Crippen LogP contribution in [0.25, 0.3) is 60.3 Å². The summed E-state index contributed by atoms with van der Waals surface area (Å²) in [5.74, 6) is 0. The van der Waals surface area contributed by atoms with Crippen LogP contribution in [0, 0.1) is 0 Å². The van der Waals surface area contributed by atoms with Crippen LogP contribution in [-0.4, -0.2) is 9.38 Å². The summed E-state index contributed by atoms with van der Waals surface area (Å²) in [6.45, 7) is 0. The number of para-hydroxylation sites is 3. The van der Waals surface area contributed by atoms with Crippen LogP contribution in [0.3, 0.4) is 0 Å². The lowest BCUT2D eigenvalue weighted by molar-refractivity contribution is 0.593. The van der Waals surface area contributed by atoms with Crippen molar-refractivity contribution >= 4 is 72.2 Å². The van der Waals surface area contributed by atoms with Crippen LogP contribution in [-0.2, 0) is 4.57 Å². The summed E-state index contributed by atoms with van der Waals surface area (Å²) in [5.41, 5.74) is 6.33. The molecule has 182 valence electrons. The second-order valence-electron chi connectivity index (χ2n) is 10.3. The molecule has 2 aromatic heterocycles. The lowest BCUT2D eigenvalue weighted by Gasteiger charge is -2.17. The number of rotatable bonds is 1. The number of pyridine rings is 1. The molecule has 0 N–H and O–H groups in total. The first kappa shape index (κ1) is 21.2. The summed E-state index contributed by atoms with van der Waals surface area (Å²) in [6.07, 6.45) is 0. The molecule has 1 aliphatic rings. The highest BCUT2D eigenvalue weighted by Gasteiger charge is 2.39. The number of hydrogen-bond donors (Lipinski definition) is 0. The molecule has 3 nitrogen and oxygen atoms in total. The van der Waals surface area contributed by atoms with Gasteiger partial charge in [-0.2, -0.15) is 0 Å². The van der Waals surface area contributed by atoms with Gasteiger partial charge in [-0.3, -0.25) is 4.40 Å². The summed E-state index contributed by atoms with van der Waals surface area (Å²) in [5, 5.41) is 8.42. The molecule has 9 rings (SSSR count). The van der Waals surface area contributed by atoms with Crippen LogP contribution in [0.1, 0.15) is 0 Å². The van der Waals surface area contributed by atoms with Crippen LogP contribution < -0.4 is 15.9 Å². The molecule has 0 fully saturated rings. The summed E-state index contributed by atoms with van der Waals surface area (Å²) in [4.78, 5) is 5.12. The summed E-state index contributed by atoms with van der Waals surface area (Å²) in [6, 6.07) is 43.9. The summed E-state index contributed by atoms with van der Waals surface area (Å²) >= 11 is 0. The smallest absolute Gasteiger partial charge is 0.172 e. The molecule has 0 saturated carbocycles. The minimum atomic E-state index is -3.00. The Morgan fingerprint density at radius 1 is 0.564 bits per heavy atom. The molecule has 1 aliphatic heterocycles. The van der Waals surface area contributed by atoms with Gasteiger partial charge < -0.3 is 4.57 Å². The number of fused-ring (bicyclic) bond motifs is 13. The first-order valence-electron chi connectivity index (χ1n) is 13.2. The molecule has 0 aliphatic carbocycles. The molecule has 0 atom stereocenters. The first-order chi connectivity index (χ1) is 19.2. The molecule has 0 saturated heterocycles. The van der Waals surface area contributed by atoms with Gasteiger partial charge in [0.25, 0.3) is 0 Å². The van der Waals surface area contributed by atoms with Crippen LogP contribution in [0.2, 0.25) is 0 Å². The fraction of sp³-hybridized carbons (Fsp3) is 0. The number of nitrogens with zero attached hydrogens (tertiary/aromatic N) is 2. The third-order valence-corrected chi connectivity index (χ3v) is 11.5. The quantitative estimate of drug-likeness (QED) is 0.167. The van der Waals surface area contributed by atoms with Gasteiger partial charge in [0.05, 0.1) is 16.6 Å². The maximum absolute atomic E-state index is 15.1. The molecular formula is C35H21N2OP. The zero-order chi connectivity index (χ0) is 25.7. The van der Waals surface area contributed by atoms with Gasteiger partial charge in [0.2, 0.25) is 0 Å². The van der Waals surface area contributed by atoms with E-state index in [1.165, 1.54) is 10.8 Å². The van der Waals surface area contributed by atoms with Crippen molar-refractivity contribution in [3.63, 3.8) is 0 Å². The van der Waals surface area contributed by atoms with Crippen LogP contribution >= 0.6 is 7.14 Å². The lowest BCUT2D eigenvalue weighted by atomic mass is 9.99. The molecule has 39 heavy (non-hydrogen) atoms. The Hall–Kier alpha value is -4.72. The highest BCUT2D eigenvalue weighted by atomic mass is 31.2. The highest BCUT2D eigenvalue weighted by Crippen LogP contribution is 2.52. The van der Waals surface area contributed by atoms with Crippen molar-refractivity contribution in [1.29, 1.82) is 0 Å². The van der Waals surface area contributed by atoms with Gasteiger partial charge in [-0.25, -0.2) is 4.98 Å². The fourth-order valence-corrected chi connectivity index (χ4v) is 9.75. The van der Waals surface area contributed by atoms with Crippen molar-refractivity contribution in [2.75, 3.05) is 0 Å². The minimum absolute atomic E-state index is 0.872. The predicted molar refractivity (Wildman–Crippen MR) is 164 cm³/mol. The maximum Gasteiger partial charge on any atom is 0.172 e. The number of imidazole rings is 1. The Bertz CT molecular complexity index is 2330. The van der Waals surface area contributed by atoms with E-state index in [1.807, 2.05) is 42.5 Å². The molecule has 4 heteroatoms. The standard InChI is InChI=1S/C35H21N2OP/c38-39(32-15-7-2-10-26(32)27-11-3-8-16-33(27)39)23-18-20-24-22(21-23)17-19-28-25-9-1-5-13-30(25)37-31-14-6-4-12-29(31)36-35(37)34(24)28/h1-21H. The van der Waals surface area contributed by atoms with Crippen LogP contribution in [0.5, 0.6) is 0 Å². The van der Waals surface area contributed by atoms with Crippen LogP contribution in [0.4, 0.5) is 0 Å². The Kier molecular flexibility index (Phi) is 4.05. The largest absolute Gasteiger partial charge is 0.309 e. The average Bonchev–Trinajstić information content (AvgIpc) is 3.51. The normalized spacial score (nSPS) is 13.9. The van der Waals surface area contributed by atoms with Gasteiger partial charge in [-0.05, 0) is 51.6 Å². The van der Waals surface area contributed by atoms with Gasteiger partial charge in [-0.15, -0.1) is 0 Å². The Balaban J connectivity index is 1.40. The molecule has 8 aromatic rings. The van der Waals surface area contributed by atoms with E-state index in [0.29, 0.717) is 0 Å². The van der Waals surface area contributed by atoms with E-state index in [1.54, 1.807) is 0 Å². The van der Waals surface area contributed by atoms with Gasteiger partial charge in [-0.1, -0.05) is 103 Å². The number of benzene rings is 6. The van der Waals surface area contributed by atoms with Crippen molar-refractivity contribution in [1.82, 2.24) is 9.38 Å². The monoisotopic (exact) mass is 516 g/mol. The molecular weight excluding hydrogens is 495 g/mol. The van der Waals surface area contributed by atoms with E-state index < -0.39 is 7.14 Å². The molecule has 0 radical (unpaired) electrons. The summed E-state index contributed by atoms with van der Waals surface area (Å²) < 4.78 is 17.3. The van der Waals surface area contributed by atoms with E-state index in [-0.39, 0.29) is 0 Å². The van der Waals surface area contributed by atoms with Crippen molar-refractivity contribution in [2.24, 2.45) is 0 Å². The van der Waals surface area contributed by atoms with Gasteiger partial charge in [0.15, 0.2) is 7.14 Å². The molecule has 0 spiro atoms. The van der Waals surface area contributed by atoms with Gasteiger partial charge >= 0.3 is 0 Å². The van der Waals surface area contributed by atoms with E-state index in [0.717, 1.165) is 65.4 Å². The van der Waals surface area contributed by atoms with E-state index in [9.17, 15) is 0 Å². The minimum Gasteiger partial charge on any atom is -0.309 e. The third kappa shape index (κ3) is 2.63. The second kappa shape index (κ2) is 7.44. The molecule has 6 aromatic carbocycles. The molecule has 3 heterocycles.